The summed E-state index contributed by atoms with van der Waals surface area (Å²) >= 11 is 13.9. The number of rotatable bonds is 8. The number of hydrogen-bond acceptors (Lipinski definition) is 9. The number of carbonyl (C=O) groups excluding carboxylic acids is 1. The molecule has 0 saturated carbocycles. The van der Waals surface area contributed by atoms with E-state index in [4.69, 9.17) is 0 Å². The minimum atomic E-state index is -5.30. The normalized spacial score (nSPS) is 12.7. The number of aryl methyl sites for hydroxylation is 1. The van der Waals surface area contributed by atoms with Crippen LogP contribution in [-0.4, -0.2) is 38.0 Å². The maximum atomic E-state index is 13.3. The third kappa shape index (κ3) is 8.64. The number of halogens is 7. The molecule has 0 bridgehead atoms. The van der Waals surface area contributed by atoms with E-state index >= 15 is 0 Å². The maximum Gasteiger partial charge on any atom is 0.471 e. The molecule has 1 amide bonds. The van der Waals surface area contributed by atoms with Crippen LogP contribution in [0.4, 0.5) is 41.6 Å². The summed E-state index contributed by atoms with van der Waals surface area (Å²) < 4.78 is 110. The van der Waals surface area contributed by atoms with Crippen molar-refractivity contribution in [1.82, 2.24) is 0 Å². The number of fused-ring (bicyclic) bond motifs is 2. The van der Waals surface area contributed by atoms with E-state index in [2.05, 4.69) is 84.2 Å². The van der Waals surface area contributed by atoms with Crippen LogP contribution < -0.4 is 5.32 Å². The van der Waals surface area contributed by atoms with Crippen LogP contribution in [0.25, 0.3) is 32.7 Å². The standard InChI is InChI=1S/C35H20Br4F3N5O7S2/c1-16-19-6-2-3-7-20(19)29(55(49,50)51)14-27(16)44-46-32-23(36)10-17(11-24(32)37)18-12-25(38)33(26(39)13-18)47-45-28-15-30(56(52,53)54)21-8-4-5-9-22(21)31(28)43-34(48)35(40,41)42/h2-15H,1H3,(H,43,48)(H,49,50,51)(H,52,53,54). The van der Waals surface area contributed by atoms with Gasteiger partial charge in [0.25, 0.3) is 20.2 Å². The first-order valence-corrected chi connectivity index (χ1v) is 21.4. The summed E-state index contributed by atoms with van der Waals surface area (Å²) in [5.41, 5.74) is 1.60. The predicted molar refractivity (Wildman–Crippen MR) is 218 cm³/mol. The minimum absolute atomic E-state index is 0.127. The summed E-state index contributed by atoms with van der Waals surface area (Å²) in [7, 11) is -9.50. The van der Waals surface area contributed by atoms with Crippen molar-refractivity contribution in [2.24, 2.45) is 20.5 Å². The molecule has 0 unspecified atom stereocenters. The lowest BCUT2D eigenvalue weighted by Crippen LogP contribution is -2.30. The van der Waals surface area contributed by atoms with E-state index in [1.54, 1.807) is 60.8 Å². The van der Waals surface area contributed by atoms with Crippen LogP contribution in [0.2, 0.25) is 0 Å². The third-order valence-corrected chi connectivity index (χ3v) is 12.4. The Kier molecular flexibility index (Phi) is 11.7. The number of anilines is 1. The molecule has 0 atom stereocenters. The lowest BCUT2D eigenvalue weighted by Gasteiger charge is -2.15. The van der Waals surface area contributed by atoms with Crippen molar-refractivity contribution < 1.29 is 43.9 Å². The number of alkyl halides is 3. The molecule has 56 heavy (non-hydrogen) atoms. The molecule has 12 nitrogen and oxygen atoms in total. The molecule has 6 aromatic rings. The molecule has 288 valence electrons. The lowest BCUT2D eigenvalue weighted by molar-refractivity contribution is -0.167. The van der Waals surface area contributed by atoms with Crippen molar-refractivity contribution in [2.45, 2.75) is 22.9 Å². The Morgan fingerprint density at radius 1 is 0.607 bits per heavy atom. The van der Waals surface area contributed by atoms with Gasteiger partial charge in [0.15, 0.2) is 0 Å². The second kappa shape index (κ2) is 15.8. The molecule has 0 heterocycles. The van der Waals surface area contributed by atoms with E-state index in [0.29, 0.717) is 51.0 Å². The average molecular weight is 1060 g/mol. The van der Waals surface area contributed by atoms with Gasteiger partial charge in [-0.1, -0.05) is 48.5 Å². The highest BCUT2D eigenvalue weighted by molar-refractivity contribution is 9.11. The van der Waals surface area contributed by atoms with E-state index < -0.39 is 48.6 Å². The highest BCUT2D eigenvalue weighted by Crippen LogP contribution is 2.45. The number of hydrogen-bond donors (Lipinski definition) is 3. The minimum Gasteiger partial charge on any atom is -0.316 e. The summed E-state index contributed by atoms with van der Waals surface area (Å²) in [5, 5.41) is 19.1. The SMILES string of the molecule is Cc1c(N=Nc2c(Br)cc(-c3cc(Br)c(N=Nc4cc(S(=O)(=O)O)c5ccccc5c4NC(=O)C(F)(F)F)c(Br)c3)cc2Br)cc(S(=O)(=O)O)c2ccccc12. The second-order valence-electron chi connectivity index (χ2n) is 11.8. The van der Waals surface area contributed by atoms with E-state index in [0.717, 1.165) is 6.07 Å². The molecule has 0 aliphatic heterocycles. The lowest BCUT2D eigenvalue weighted by atomic mass is 10.0. The number of nitrogens with one attached hydrogen (secondary N) is 1. The van der Waals surface area contributed by atoms with Gasteiger partial charge in [-0.3, -0.25) is 13.9 Å². The Morgan fingerprint density at radius 2 is 0.982 bits per heavy atom. The summed E-state index contributed by atoms with van der Waals surface area (Å²) in [6.07, 6.45) is -5.30. The molecule has 0 radical (unpaired) electrons. The van der Waals surface area contributed by atoms with Gasteiger partial charge in [0.05, 0.1) is 11.4 Å². The molecule has 0 saturated heterocycles. The third-order valence-electron chi connectivity index (χ3n) is 8.17. The van der Waals surface area contributed by atoms with Gasteiger partial charge < -0.3 is 5.32 Å². The summed E-state index contributed by atoms with van der Waals surface area (Å²) in [4.78, 5) is 11.0. The van der Waals surface area contributed by atoms with Crippen molar-refractivity contribution in [1.29, 1.82) is 0 Å². The maximum absolute atomic E-state index is 13.3. The van der Waals surface area contributed by atoms with Crippen LogP contribution in [0.5, 0.6) is 0 Å². The molecular weight excluding hydrogens is 1040 g/mol. The summed E-state index contributed by atoms with van der Waals surface area (Å²) in [6, 6.07) is 20.8. The molecule has 0 aliphatic carbocycles. The van der Waals surface area contributed by atoms with Crippen molar-refractivity contribution in [3.05, 3.63) is 108 Å². The highest BCUT2D eigenvalue weighted by atomic mass is 79.9. The van der Waals surface area contributed by atoms with Gasteiger partial charge in [0.1, 0.15) is 26.9 Å². The zero-order valence-electron chi connectivity index (χ0n) is 27.8. The average Bonchev–Trinajstić information content (AvgIpc) is 3.10. The van der Waals surface area contributed by atoms with Gasteiger partial charge >= 0.3 is 12.1 Å². The molecule has 0 spiro atoms. The van der Waals surface area contributed by atoms with Crippen molar-refractivity contribution in [3.63, 3.8) is 0 Å². The number of nitrogens with zero attached hydrogens (tertiary/aromatic N) is 4. The van der Waals surface area contributed by atoms with Crippen LogP contribution in [0, 0.1) is 6.92 Å². The second-order valence-corrected chi connectivity index (χ2v) is 18.0. The Bertz CT molecular complexity index is 2880. The highest BCUT2D eigenvalue weighted by Gasteiger charge is 2.39. The summed E-state index contributed by atoms with van der Waals surface area (Å²) in [6.45, 7) is 1.75. The number of amides is 1. The molecule has 3 N–H and O–H groups in total. The van der Waals surface area contributed by atoms with Gasteiger partial charge in [0.2, 0.25) is 0 Å². The molecule has 0 aliphatic rings. The number of benzene rings is 6. The summed E-state index contributed by atoms with van der Waals surface area (Å²) in [5.74, 6) is -2.34. The smallest absolute Gasteiger partial charge is 0.316 e. The fourth-order valence-corrected chi connectivity index (χ4v) is 9.71. The molecule has 6 aromatic carbocycles. The molecule has 21 heteroatoms. The zero-order valence-corrected chi connectivity index (χ0v) is 35.7. The topological polar surface area (TPSA) is 187 Å². The van der Waals surface area contributed by atoms with Crippen molar-refractivity contribution >= 4 is 140 Å². The van der Waals surface area contributed by atoms with Gasteiger partial charge in [-0.25, -0.2) is 0 Å². The fraction of sp³-hybridized carbons (Fsp3) is 0.0571. The molecule has 0 aromatic heterocycles. The van der Waals surface area contributed by atoms with Crippen LogP contribution in [-0.2, 0) is 25.0 Å². The zero-order chi connectivity index (χ0) is 40.9. The van der Waals surface area contributed by atoms with E-state index in [9.17, 15) is 43.9 Å². The van der Waals surface area contributed by atoms with Crippen molar-refractivity contribution in [2.75, 3.05) is 5.32 Å². The number of azo groups is 2. The fourth-order valence-electron chi connectivity index (χ4n) is 5.59. The van der Waals surface area contributed by atoms with Crippen molar-refractivity contribution in [3.8, 4) is 11.1 Å². The first kappa shape index (κ1) is 41.7. The van der Waals surface area contributed by atoms with Gasteiger partial charge in [0, 0.05) is 34.0 Å². The Balaban J connectivity index is 1.37. The van der Waals surface area contributed by atoms with Gasteiger partial charge in [-0.05, 0) is 129 Å². The van der Waals surface area contributed by atoms with E-state index in [1.807, 2.05) is 0 Å². The van der Waals surface area contributed by atoms with E-state index in [1.165, 1.54) is 30.3 Å². The van der Waals surface area contributed by atoms with Crippen LogP contribution >= 0.6 is 63.7 Å². The Labute approximate surface area is 349 Å². The molecule has 0 fully saturated rings. The van der Waals surface area contributed by atoms with Gasteiger partial charge in [-0.15, -0.1) is 15.3 Å². The Morgan fingerprint density at radius 3 is 1.41 bits per heavy atom. The molecule has 6 rings (SSSR count). The first-order valence-electron chi connectivity index (χ1n) is 15.4. The quantitative estimate of drug-likeness (QED) is 0.0999. The predicted octanol–water partition coefficient (Wildman–Crippen LogP) is 12.8. The monoisotopic (exact) mass is 1060 g/mol. The largest absolute Gasteiger partial charge is 0.471 e. The van der Waals surface area contributed by atoms with Crippen LogP contribution in [0.15, 0.2) is 133 Å². The Hall–Kier alpha value is -3.96. The van der Waals surface area contributed by atoms with E-state index in [-0.39, 0.29) is 27.0 Å². The van der Waals surface area contributed by atoms with Crippen LogP contribution in [0.3, 0.4) is 0 Å². The molecular formula is C35H20Br4F3N5O7S2. The first-order chi connectivity index (χ1) is 26.1. The van der Waals surface area contributed by atoms with Gasteiger partial charge in [-0.2, -0.15) is 35.1 Å². The van der Waals surface area contributed by atoms with Crippen LogP contribution in [0.1, 0.15) is 5.56 Å². The number of carbonyl (C=O) groups is 1.